The molecule has 190 valence electrons. The Bertz CT molecular complexity index is 1450. The number of carbonyl (C=O) groups excluding carboxylic acids is 2. The van der Waals surface area contributed by atoms with Crippen LogP contribution in [0.5, 0.6) is 11.5 Å². The Labute approximate surface area is 215 Å². The molecule has 1 aliphatic rings. The van der Waals surface area contributed by atoms with Crippen molar-refractivity contribution in [2.45, 2.75) is 45.8 Å². The first-order valence-corrected chi connectivity index (χ1v) is 12.2. The molecule has 0 saturated heterocycles. The minimum atomic E-state index is -1.14. The summed E-state index contributed by atoms with van der Waals surface area (Å²) in [5, 5.41) is 11.3. The van der Waals surface area contributed by atoms with Crippen LogP contribution in [-0.2, 0) is 22.7 Å². The molecule has 9 heteroatoms. The number of para-hydroxylation sites is 1. The normalized spacial score (nSPS) is 13.8. The van der Waals surface area contributed by atoms with E-state index in [0.717, 1.165) is 16.6 Å². The number of carbonyl (C=O) groups is 2. The van der Waals surface area contributed by atoms with Crippen LogP contribution >= 0.6 is 0 Å². The first-order chi connectivity index (χ1) is 17.9. The molecule has 1 N–H and O–H groups in total. The van der Waals surface area contributed by atoms with Crippen molar-refractivity contribution in [3.05, 3.63) is 77.9 Å². The maximum absolute atomic E-state index is 13.9. The molecule has 0 radical (unpaired) electrons. The molecule has 0 bridgehead atoms. The number of anilines is 1. The number of hydrogen-bond donors (Lipinski definition) is 1. The van der Waals surface area contributed by atoms with E-state index in [1.807, 2.05) is 62.4 Å². The third kappa shape index (κ3) is 4.84. The lowest BCUT2D eigenvalue weighted by molar-refractivity contribution is -0.146. The van der Waals surface area contributed by atoms with Crippen molar-refractivity contribution in [1.82, 2.24) is 19.9 Å². The molecule has 1 atom stereocenters. The van der Waals surface area contributed by atoms with E-state index in [9.17, 15) is 9.59 Å². The van der Waals surface area contributed by atoms with E-state index in [2.05, 4.69) is 15.6 Å². The second-order valence-electron chi connectivity index (χ2n) is 9.35. The molecule has 0 saturated carbocycles. The Hall–Kier alpha value is -4.40. The number of ether oxygens (including phenoxy) is 2. The minimum absolute atomic E-state index is 0.0424. The van der Waals surface area contributed by atoms with Gasteiger partial charge in [0.05, 0.1) is 5.52 Å². The number of fused-ring (bicyclic) bond motifs is 2. The van der Waals surface area contributed by atoms with Gasteiger partial charge in [-0.3, -0.25) is 9.59 Å². The maximum atomic E-state index is 13.9. The van der Waals surface area contributed by atoms with E-state index in [-0.39, 0.29) is 31.7 Å². The molecule has 9 nitrogen and oxygen atoms in total. The van der Waals surface area contributed by atoms with E-state index in [4.69, 9.17) is 9.47 Å². The molecule has 0 aliphatic carbocycles. The van der Waals surface area contributed by atoms with E-state index >= 15 is 0 Å². The van der Waals surface area contributed by atoms with E-state index < -0.39 is 5.54 Å². The molecular weight excluding hydrogens is 470 g/mol. The summed E-state index contributed by atoms with van der Waals surface area (Å²) in [6, 6.07) is 20.7. The van der Waals surface area contributed by atoms with Crippen LogP contribution in [0.3, 0.4) is 0 Å². The summed E-state index contributed by atoms with van der Waals surface area (Å²) in [7, 11) is 0. The Morgan fingerprint density at radius 2 is 1.81 bits per heavy atom. The van der Waals surface area contributed by atoms with Crippen molar-refractivity contribution in [3.63, 3.8) is 0 Å². The molecular formula is C28H29N5O4. The lowest BCUT2D eigenvalue weighted by Crippen LogP contribution is -2.57. The predicted molar refractivity (Wildman–Crippen MR) is 139 cm³/mol. The zero-order valence-corrected chi connectivity index (χ0v) is 21.1. The van der Waals surface area contributed by atoms with Gasteiger partial charge in [0, 0.05) is 18.3 Å². The summed E-state index contributed by atoms with van der Waals surface area (Å²) in [5.74, 6) is 0.674. The zero-order chi connectivity index (χ0) is 26.0. The predicted octanol–water partition coefficient (Wildman–Crippen LogP) is 4.30. The van der Waals surface area contributed by atoms with Gasteiger partial charge in [0.25, 0.3) is 0 Å². The summed E-state index contributed by atoms with van der Waals surface area (Å²) in [6.45, 7) is 6.08. The van der Waals surface area contributed by atoms with Gasteiger partial charge in [-0.15, -0.1) is 5.10 Å². The number of nitrogens with one attached hydrogen (secondary N) is 1. The second kappa shape index (κ2) is 9.93. The van der Waals surface area contributed by atoms with Crippen LogP contribution in [0.1, 0.15) is 31.4 Å². The van der Waals surface area contributed by atoms with Crippen LogP contribution in [0.2, 0.25) is 0 Å². The van der Waals surface area contributed by atoms with Gasteiger partial charge in [0.15, 0.2) is 11.5 Å². The molecule has 1 aromatic heterocycles. The lowest BCUT2D eigenvalue weighted by atomic mass is 9.93. The Kier molecular flexibility index (Phi) is 6.52. The third-order valence-electron chi connectivity index (χ3n) is 6.87. The highest BCUT2D eigenvalue weighted by molar-refractivity contribution is 6.00. The van der Waals surface area contributed by atoms with E-state index in [1.54, 1.807) is 34.7 Å². The minimum Gasteiger partial charge on any atom is -0.454 e. The molecule has 1 aliphatic heterocycles. The van der Waals surface area contributed by atoms with Gasteiger partial charge in [-0.05, 0) is 50.1 Å². The van der Waals surface area contributed by atoms with Gasteiger partial charge in [-0.2, -0.15) is 0 Å². The fraction of sp³-hybridized carbons (Fsp3) is 0.286. The highest BCUT2D eigenvalue weighted by Gasteiger charge is 2.41. The molecule has 37 heavy (non-hydrogen) atoms. The third-order valence-corrected chi connectivity index (χ3v) is 6.87. The maximum Gasteiger partial charge on any atom is 0.250 e. The van der Waals surface area contributed by atoms with Crippen LogP contribution in [0.15, 0.2) is 66.7 Å². The zero-order valence-electron chi connectivity index (χ0n) is 21.1. The Morgan fingerprint density at radius 1 is 1.05 bits per heavy atom. The van der Waals surface area contributed by atoms with Crippen LogP contribution in [0, 0.1) is 6.92 Å². The Balaban J connectivity index is 1.45. The molecule has 3 aromatic carbocycles. The van der Waals surface area contributed by atoms with Crippen LogP contribution in [0.25, 0.3) is 11.0 Å². The van der Waals surface area contributed by atoms with Crippen molar-refractivity contribution >= 4 is 28.5 Å². The molecule has 5 rings (SSSR count). The van der Waals surface area contributed by atoms with Gasteiger partial charge in [-0.25, -0.2) is 4.68 Å². The molecule has 2 amide bonds. The van der Waals surface area contributed by atoms with Gasteiger partial charge >= 0.3 is 0 Å². The number of benzene rings is 3. The quantitative estimate of drug-likeness (QED) is 0.388. The molecule has 0 fully saturated rings. The largest absolute Gasteiger partial charge is 0.454 e. The van der Waals surface area contributed by atoms with E-state index in [0.29, 0.717) is 29.1 Å². The highest BCUT2D eigenvalue weighted by Crippen LogP contribution is 2.35. The average Bonchev–Trinajstić information content (AvgIpc) is 3.54. The second-order valence-corrected chi connectivity index (χ2v) is 9.35. The summed E-state index contributed by atoms with van der Waals surface area (Å²) in [5.41, 5.74) is 2.94. The van der Waals surface area contributed by atoms with Crippen molar-refractivity contribution < 1.29 is 19.1 Å². The molecule has 1 unspecified atom stereocenters. The summed E-state index contributed by atoms with van der Waals surface area (Å²) in [6.07, 6.45) is 0.402. The highest BCUT2D eigenvalue weighted by atomic mass is 16.7. The number of nitrogens with zero attached hydrogens (tertiary/aromatic N) is 4. The first-order valence-electron chi connectivity index (χ1n) is 12.2. The van der Waals surface area contributed by atoms with Gasteiger partial charge in [0.2, 0.25) is 18.6 Å². The van der Waals surface area contributed by atoms with Crippen LogP contribution in [0.4, 0.5) is 5.69 Å². The smallest absolute Gasteiger partial charge is 0.250 e. The van der Waals surface area contributed by atoms with Crippen LogP contribution in [-0.4, -0.2) is 44.0 Å². The molecule has 4 aromatic rings. The number of hydrogen-bond acceptors (Lipinski definition) is 6. The van der Waals surface area contributed by atoms with Crippen molar-refractivity contribution in [3.8, 4) is 11.5 Å². The first kappa shape index (κ1) is 24.3. The van der Waals surface area contributed by atoms with Crippen molar-refractivity contribution in [2.75, 3.05) is 12.1 Å². The molecule has 2 heterocycles. The fourth-order valence-corrected chi connectivity index (χ4v) is 4.38. The summed E-state index contributed by atoms with van der Waals surface area (Å²) in [4.78, 5) is 29.3. The van der Waals surface area contributed by atoms with Gasteiger partial charge < -0.3 is 19.7 Å². The molecule has 0 spiro atoms. The fourth-order valence-electron chi connectivity index (χ4n) is 4.38. The number of rotatable bonds is 8. The van der Waals surface area contributed by atoms with Gasteiger partial charge in [0.1, 0.15) is 17.6 Å². The topological polar surface area (TPSA) is 98.6 Å². The van der Waals surface area contributed by atoms with Gasteiger partial charge in [-0.1, -0.05) is 54.1 Å². The SMILES string of the molecule is CCC(C)(C(=O)Nc1ccc2c(c1)OCO2)N(Cc1ccc(C)cc1)C(=O)Cn1nnc2ccccc21. The standard InChI is InChI=1S/C28H29N5O4/c1-4-28(3,27(35)29-21-13-14-24-25(15-21)37-18-36-24)32(16-20-11-9-19(2)10-12-20)26(34)17-33-23-8-6-5-7-22(23)30-31-33/h5-15H,4,16-18H2,1-3H3,(H,29,35). The van der Waals surface area contributed by atoms with Crippen molar-refractivity contribution in [1.29, 1.82) is 0 Å². The summed E-state index contributed by atoms with van der Waals surface area (Å²) >= 11 is 0. The monoisotopic (exact) mass is 499 g/mol. The lowest BCUT2D eigenvalue weighted by Gasteiger charge is -2.39. The average molecular weight is 500 g/mol. The number of aryl methyl sites for hydroxylation is 1. The van der Waals surface area contributed by atoms with Crippen molar-refractivity contribution in [2.24, 2.45) is 0 Å². The Morgan fingerprint density at radius 3 is 2.59 bits per heavy atom. The number of aromatic nitrogens is 3. The van der Waals surface area contributed by atoms with E-state index in [1.165, 1.54) is 0 Å². The summed E-state index contributed by atoms with van der Waals surface area (Å²) < 4.78 is 12.4. The van der Waals surface area contributed by atoms with Crippen LogP contribution < -0.4 is 14.8 Å². The number of amides is 2.